The summed E-state index contributed by atoms with van der Waals surface area (Å²) in [6.45, 7) is -0.667. The van der Waals surface area contributed by atoms with Crippen LogP contribution < -0.4 is 11.5 Å². The molecule has 6 heteroatoms. The molecule has 0 saturated carbocycles. The van der Waals surface area contributed by atoms with Crippen LogP contribution in [0.3, 0.4) is 0 Å². The summed E-state index contributed by atoms with van der Waals surface area (Å²) in [6.07, 6.45) is 0. The van der Waals surface area contributed by atoms with E-state index in [1.54, 1.807) is 0 Å². The fourth-order valence-electron chi connectivity index (χ4n) is 0.580. The summed E-state index contributed by atoms with van der Waals surface area (Å²) in [5.41, 5.74) is 10.9. The van der Waals surface area contributed by atoms with Crippen LogP contribution in [0.15, 0.2) is 4.99 Å². The summed E-state index contributed by atoms with van der Waals surface area (Å²) < 4.78 is 0. The minimum absolute atomic E-state index is 0.151. The molecule has 0 saturated heterocycles. The van der Waals surface area contributed by atoms with Crippen molar-refractivity contribution in [3.8, 4) is 0 Å². The molecule has 0 aliphatic carbocycles. The van der Waals surface area contributed by atoms with Gasteiger partial charge in [-0.25, -0.2) is 4.99 Å². The molecule has 0 rings (SSSR count). The van der Waals surface area contributed by atoms with Gasteiger partial charge in [0.05, 0.1) is 18.4 Å². The lowest BCUT2D eigenvalue weighted by atomic mass is 10.2. The Hall–Kier alpha value is -0.820. The third-order valence-electron chi connectivity index (χ3n) is 1.27. The highest BCUT2D eigenvalue weighted by Crippen LogP contribution is 1.85. The van der Waals surface area contributed by atoms with Crippen molar-refractivity contribution < 1.29 is 10.2 Å². The van der Waals surface area contributed by atoms with E-state index in [9.17, 15) is 0 Å². The first-order chi connectivity index (χ1) is 5.65. The molecule has 0 bridgehead atoms. The Balaban J connectivity index is 4.31. The first-order valence-electron chi connectivity index (χ1n) is 3.48. The van der Waals surface area contributed by atoms with Crippen molar-refractivity contribution in [2.45, 2.75) is 6.04 Å². The summed E-state index contributed by atoms with van der Waals surface area (Å²) in [6, 6.07) is -0.554. The second-order valence-electron chi connectivity index (χ2n) is 2.21. The molecule has 0 heterocycles. The van der Waals surface area contributed by atoms with E-state index in [1.165, 1.54) is 0 Å². The molecule has 0 radical (unpaired) electrons. The van der Waals surface area contributed by atoms with E-state index in [-0.39, 0.29) is 24.7 Å². The number of amidine groups is 1. The highest BCUT2D eigenvalue weighted by atomic mass is 16.3. The molecule has 1 atom stereocenters. The number of nitrogens with one attached hydrogen (secondary N) is 1. The quantitative estimate of drug-likeness (QED) is 0.242. The van der Waals surface area contributed by atoms with Crippen molar-refractivity contribution in [1.29, 1.82) is 5.41 Å². The van der Waals surface area contributed by atoms with Crippen LogP contribution in [0.2, 0.25) is 0 Å². The van der Waals surface area contributed by atoms with Gasteiger partial charge in [-0.05, 0) is 0 Å². The maximum Gasteiger partial charge on any atom is 0.146 e. The number of aliphatic hydroxyl groups is 2. The average molecular weight is 174 g/mol. The SMILES string of the molecule is N=C(CO)N=C(CO)C(N)CN. The van der Waals surface area contributed by atoms with E-state index < -0.39 is 12.6 Å². The van der Waals surface area contributed by atoms with Gasteiger partial charge in [0.25, 0.3) is 0 Å². The smallest absolute Gasteiger partial charge is 0.146 e. The molecule has 12 heavy (non-hydrogen) atoms. The maximum absolute atomic E-state index is 8.73. The van der Waals surface area contributed by atoms with Crippen LogP contribution in [0.1, 0.15) is 0 Å². The largest absolute Gasteiger partial charge is 0.390 e. The first-order valence-corrected chi connectivity index (χ1v) is 3.48. The molecule has 0 fully saturated rings. The zero-order valence-corrected chi connectivity index (χ0v) is 6.70. The zero-order valence-electron chi connectivity index (χ0n) is 6.70. The Morgan fingerprint density at radius 3 is 2.33 bits per heavy atom. The van der Waals surface area contributed by atoms with Crippen LogP contribution in [0, 0.1) is 5.41 Å². The second kappa shape index (κ2) is 5.78. The van der Waals surface area contributed by atoms with Crippen molar-refractivity contribution in [3.63, 3.8) is 0 Å². The predicted octanol–water partition coefficient (Wildman–Crippen LogP) is -2.32. The minimum Gasteiger partial charge on any atom is -0.390 e. The van der Waals surface area contributed by atoms with Crippen LogP contribution in [-0.2, 0) is 0 Å². The fourth-order valence-corrected chi connectivity index (χ4v) is 0.580. The normalized spacial score (nSPS) is 14.5. The van der Waals surface area contributed by atoms with Crippen molar-refractivity contribution in [2.75, 3.05) is 19.8 Å². The van der Waals surface area contributed by atoms with E-state index in [2.05, 4.69) is 4.99 Å². The van der Waals surface area contributed by atoms with Crippen molar-refractivity contribution in [1.82, 2.24) is 0 Å². The molecule has 0 aliphatic rings. The molecule has 0 amide bonds. The molecular weight excluding hydrogens is 160 g/mol. The monoisotopic (exact) mass is 174 g/mol. The Morgan fingerprint density at radius 2 is 2.00 bits per heavy atom. The first kappa shape index (κ1) is 11.2. The number of nitrogens with zero attached hydrogens (tertiary/aromatic N) is 1. The van der Waals surface area contributed by atoms with Crippen LogP contribution >= 0.6 is 0 Å². The lowest BCUT2D eigenvalue weighted by Gasteiger charge is -2.09. The van der Waals surface area contributed by atoms with E-state index in [0.717, 1.165) is 0 Å². The van der Waals surface area contributed by atoms with Gasteiger partial charge in [0.15, 0.2) is 0 Å². The van der Waals surface area contributed by atoms with Gasteiger partial charge in [-0.3, -0.25) is 5.41 Å². The molecule has 0 aromatic rings. The van der Waals surface area contributed by atoms with Crippen LogP contribution in [0.5, 0.6) is 0 Å². The van der Waals surface area contributed by atoms with Gasteiger partial charge in [0, 0.05) is 6.54 Å². The van der Waals surface area contributed by atoms with Gasteiger partial charge in [-0.1, -0.05) is 0 Å². The lowest BCUT2D eigenvalue weighted by molar-refractivity contribution is 0.350. The Labute approximate surface area is 70.4 Å². The molecule has 0 spiro atoms. The second-order valence-corrected chi connectivity index (χ2v) is 2.21. The number of hydrogen-bond donors (Lipinski definition) is 5. The standard InChI is InChI=1S/C6H14N4O2/c7-1-4(8)5(2-11)10-6(9)3-12/h4,9,11-12H,1-3,7-8H2. The van der Waals surface area contributed by atoms with E-state index in [1.807, 2.05) is 0 Å². The average Bonchev–Trinajstić information content (AvgIpc) is 2.12. The summed E-state index contributed by atoms with van der Waals surface area (Å²) >= 11 is 0. The summed E-state index contributed by atoms with van der Waals surface area (Å²) in [4.78, 5) is 3.58. The number of nitrogens with two attached hydrogens (primary N) is 2. The highest BCUT2D eigenvalue weighted by Gasteiger charge is 2.08. The molecule has 0 aromatic carbocycles. The number of aliphatic hydroxyl groups excluding tert-OH is 2. The van der Waals surface area contributed by atoms with Crippen molar-refractivity contribution in [3.05, 3.63) is 0 Å². The summed E-state index contributed by atoms with van der Waals surface area (Å²) in [5.74, 6) is -0.233. The van der Waals surface area contributed by atoms with Gasteiger partial charge in [-0.15, -0.1) is 0 Å². The Morgan fingerprint density at radius 1 is 1.42 bits per heavy atom. The Bertz CT molecular complexity index is 180. The van der Waals surface area contributed by atoms with E-state index >= 15 is 0 Å². The van der Waals surface area contributed by atoms with Crippen LogP contribution in [0.4, 0.5) is 0 Å². The van der Waals surface area contributed by atoms with Crippen molar-refractivity contribution >= 4 is 11.5 Å². The molecule has 0 aliphatic heterocycles. The Kier molecular flexibility index (Phi) is 5.39. The van der Waals surface area contributed by atoms with Gasteiger partial charge in [0.2, 0.25) is 0 Å². The third kappa shape index (κ3) is 3.54. The minimum atomic E-state index is -0.554. The molecule has 0 aromatic heterocycles. The van der Waals surface area contributed by atoms with Gasteiger partial charge in [-0.2, -0.15) is 0 Å². The number of rotatable bonds is 4. The van der Waals surface area contributed by atoms with E-state index in [4.69, 9.17) is 27.1 Å². The zero-order chi connectivity index (χ0) is 9.56. The third-order valence-corrected chi connectivity index (χ3v) is 1.27. The van der Waals surface area contributed by atoms with Crippen molar-refractivity contribution in [2.24, 2.45) is 16.5 Å². The maximum atomic E-state index is 8.73. The molecule has 6 nitrogen and oxygen atoms in total. The lowest BCUT2D eigenvalue weighted by Crippen LogP contribution is -2.40. The van der Waals surface area contributed by atoms with E-state index in [0.29, 0.717) is 0 Å². The molecule has 70 valence electrons. The van der Waals surface area contributed by atoms with Crippen LogP contribution in [-0.4, -0.2) is 47.6 Å². The molecular formula is C6H14N4O2. The topological polar surface area (TPSA) is 129 Å². The molecule has 7 N–H and O–H groups in total. The van der Waals surface area contributed by atoms with Gasteiger partial charge < -0.3 is 21.7 Å². The predicted molar refractivity (Wildman–Crippen MR) is 46.4 cm³/mol. The number of hydrogen-bond acceptors (Lipinski definition) is 5. The summed E-state index contributed by atoms with van der Waals surface area (Å²) in [7, 11) is 0. The van der Waals surface area contributed by atoms with Gasteiger partial charge in [0.1, 0.15) is 12.4 Å². The fraction of sp³-hybridized carbons (Fsp3) is 0.667. The van der Waals surface area contributed by atoms with Crippen LogP contribution in [0.25, 0.3) is 0 Å². The van der Waals surface area contributed by atoms with Gasteiger partial charge >= 0.3 is 0 Å². The molecule has 1 unspecified atom stereocenters. The summed E-state index contributed by atoms with van der Waals surface area (Å²) in [5, 5.41) is 24.2. The highest BCUT2D eigenvalue weighted by molar-refractivity contribution is 6.00. The number of aliphatic imine (C=N–C) groups is 1.